The molecule has 2 aliphatic heterocycles. The first-order chi connectivity index (χ1) is 14.3. The first-order valence-electron chi connectivity index (χ1n) is 10.7. The minimum absolute atomic E-state index is 0.0182. The lowest BCUT2D eigenvalue weighted by molar-refractivity contribution is -0.138. The van der Waals surface area contributed by atoms with Crippen LogP contribution in [0.5, 0.6) is 5.75 Å². The van der Waals surface area contributed by atoms with Gasteiger partial charge in [0.2, 0.25) is 5.91 Å². The van der Waals surface area contributed by atoms with Gasteiger partial charge in [-0.15, -0.1) is 0 Å². The molecule has 6 nitrogen and oxygen atoms in total. The fourth-order valence-electron chi connectivity index (χ4n) is 4.62. The van der Waals surface area contributed by atoms with E-state index in [4.69, 9.17) is 4.74 Å². The van der Waals surface area contributed by atoms with E-state index in [0.29, 0.717) is 5.91 Å². The van der Waals surface area contributed by atoms with Crippen LogP contribution >= 0.6 is 0 Å². The average molecular weight is 395 g/mol. The summed E-state index contributed by atoms with van der Waals surface area (Å²) in [6.45, 7) is 2.50. The first kappa shape index (κ1) is 19.7. The van der Waals surface area contributed by atoms with Gasteiger partial charge in [0.1, 0.15) is 11.6 Å². The zero-order chi connectivity index (χ0) is 20.1. The van der Waals surface area contributed by atoms with E-state index in [0.717, 1.165) is 63.3 Å². The van der Waals surface area contributed by atoms with E-state index in [2.05, 4.69) is 31.9 Å². The number of likely N-dealkylation sites (tertiary alicyclic amines) is 1. The van der Waals surface area contributed by atoms with Gasteiger partial charge in [-0.3, -0.25) is 9.78 Å². The van der Waals surface area contributed by atoms with Gasteiger partial charge < -0.3 is 14.5 Å². The summed E-state index contributed by atoms with van der Waals surface area (Å²) in [5, 5.41) is 0. The number of carbonyl (C=O) groups is 1. The number of anilines is 1. The summed E-state index contributed by atoms with van der Waals surface area (Å²) in [5.41, 5.74) is 1.21. The van der Waals surface area contributed by atoms with Crippen molar-refractivity contribution < 1.29 is 9.53 Å². The second-order valence-corrected chi connectivity index (χ2v) is 8.02. The zero-order valence-electron chi connectivity index (χ0n) is 17.2. The molecule has 1 amide bonds. The minimum Gasteiger partial charge on any atom is -0.497 e. The molecule has 29 heavy (non-hydrogen) atoms. The Morgan fingerprint density at radius 3 is 2.66 bits per heavy atom. The molecule has 1 aromatic carbocycles. The molecule has 2 atom stereocenters. The molecule has 6 heteroatoms. The molecule has 2 unspecified atom stereocenters. The number of carbonyl (C=O) groups excluding carboxylic acids is 1. The second-order valence-electron chi connectivity index (χ2n) is 8.02. The summed E-state index contributed by atoms with van der Waals surface area (Å²) < 4.78 is 5.31. The van der Waals surface area contributed by atoms with Crippen molar-refractivity contribution in [2.75, 3.05) is 31.6 Å². The third kappa shape index (κ3) is 4.52. The van der Waals surface area contributed by atoms with Gasteiger partial charge in [-0.1, -0.05) is 25.0 Å². The van der Waals surface area contributed by atoms with Crippen LogP contribution in [0.2, 0.25) is 0 Å². The summed E-state index contributed by atoms with van der Waals surface area (Å²) in [6.07, 6.45) is 11.6. The Balaban J connectivity index is 1.52. The van der Waals surface area contributed by atoms with E-state index in [1.54, 1.807) is 25.7 Å². The molecular formula is C23H30N4O2. The zero-order valence-corrected chi connectivity index (χ0v) is 17.2. The molecule has 0 N–H and O–H groups in total. The maximum Gasteiger partial charge on any atom is 0.227 e. The number of amides is 1. The molecule has 1 aromatic heterocycles. The van der Waals surface area contributed by atoms with Gasteiger partial charge in [0, 0.05) is 32.0 Å². The number of ether oxygens (including phenoxy) is 1. The van der Waals surface area contributed by atoms with Gasteiger partial charge in [0.25, 0.3) is 0 Å². The van der Waals surface area contributed by atoms with Crippen molar-refractivity contribution >= 4 is 11.7 Å². The van der Waals surface area contributed by atoms with Crippen molar-refractivity contribution in [3.05, 3.63) is 48.4 Å². The van der Waals surface area contributed by atoms with Gasteiger partial charge >= 0.3 is 0 Å². The molecule has 154 valence electrons. The largest absolute Gasteiger partial charge is 0.497 e. The molecule has 2 aliphatic rings. The van der Waals surface area contributed by atoms with Crippen LogP contribution in [0.15, 0.2) is 42.9 Å². The topological polar surface area (TPSA) is 58.6 Å². The SMILES string of the molecule is COc1ccc(C2CCCCCN2C(=O)C2CCCN(c3cnccn3)C2)cc1. The fraction of sp³-hybridized carbons (Fsp3) is 0.522. The molecule has 0 saturated carbocycles. The van der Waals surface area contributed by atoms with Crippen molar-refractivity contribution in [3.8, 4) is 5.75 Å². The molecule has 0 bridgehead atoms. The van der Waals surface area contributed by atoms with E-state index in [-0.39, 0.29) is 12.0 Å². The monoisotopic (exact) mass is 394 g/mol. The molecule has 2 fully saturated rings. The average Bonchev–Trinajstić information content (AvgIpc) is 3.05. The third-order valence-electron chi connectivity index (χ3n) is 6.18. The van der Waals surface area contributed by atoms with Crippen LogP contribution in [0.3, 0.4) is 0 Å². The Bertz CT molecular complexity index is 796. The highest BCUT2D eigenvalue weighted by Crippen LogP contribution is 2.34. The Labute approximate surface area is 172 Å². The highest BCUT2D eigenvalue weighted by molar-refractivity contribution is 5.80. The van der Waals surface area contributed by atoms with Gasteiger partial charge in [-0.25, -0.2) is 4.98 Å². The van der Waals surface area contributed by atoms with Crippen molar-refractivity contribution in [2.45, 2.75) is 44.6 Å². The summed E-state index contributed by atoms with van der Waals surface area (Å²) in [5.74, 6) is 2.03. The summed E-state index contributed by atoms with van der Waals surface area (Å²) in [6, 6.07) is 8.38. The van der Waals surface area contributed by atoms with Crippen molar-refractivity contribution in [3.63, 3.8) is 0 Å². The number of hydrogen-bond donors (Lipinski definition) is 0. The van der Waals surface area contributed by atoms with Gasteiger partial charge in [-0.2, -0.15) is 0 Å². The fourth-order valence-corrected chi connectivity index (χ4v) is 4.62. The van der Waals surface area contributed by atoms with Crippen LogP contribution in [-0.4, -0.2) is 47.5 Å². The van der Waals surface area contributed by atoms with E-state index >= 15 is 0 Å². The first-order valence-corrected chi connectivity index (χ1v) is 10.7. The van der Waals surface area contributed by atoms with E-state index < -0.39 is 0 Å². The summed E-state index contributed by atoms with van der Waals surface area (Å²) in [7, 11) is 1.68. The van der Waals surface area contributed by atoms with E-state index in [1.807, 2.05) is 12.1 Å². The molecule has 0 aliphatic carbocycles. The maximum absolute atomic E-state index is 13.6. The smallest absolute Gasteiger partial charge is 0.227 e. The Kier molecular flexibility index (Phi) is 6.27. The summed E-state index contributed by atoms with van der Waals surface area (Å²) in [4.78, 5) is 26.6. The number of piperidine rings is 1. The van der Waals surface area contributed by atoms with Crippen LogP contribution in [0.1, 0.15) is 50.1 Å². The molecule has 0 radical (unpaired) electrons. The van der Waals surface area contributed by atoms with Gasteiger partial charge in [-0.05, 0) is 43.4 Å². The highest BCUT2D eigenvalue weighted by atomic mass is 16.5. The lowest BCUT2D eigenvalue weighted by atomic mass is 9.94. The van der Waals surface area contributed by atoms with Gasteiger partial charge in [0.05, 0.1) is 25.3 Å². The van der Waals surface area contributed by atoms with E-state index in [1.165, 1.54) is 12.0 Å². The molecule has 0 spiro atoms. The normalized spacial score (nSPS) is 22.8. The molecule has 4 rings (SSSR count). The van der Waals surface area contributed by atoms with Crippen LogP contribution in [0, 0.1) is 5.92 Å². The third-order valence-corrected chi connectivity index (χ3v) is 6.18. The minimum atomic E-state index is 0.0182. The number of benzene rings is 1. The van der Waals surface area contributed by atoms with Crippen molar-refractivity contribution in [1.29, 1.82) is 0 Å². The number of aromatic nitrogens is 2. The molecule has 2 aromatic rings. The van der Waals surface area contributed by atoms with Crippen LogP contribution in [-0.2, 0) is 4.79 Å². The predicted molar refractivity (Wildman–Crippen MR) is 113 cm³/mol. The Morgan fingerprint density at radius 1 is 1.03 bits per heavy atom. The predicted octanol–water partition coefficient (Wildman–Crippen LogP) is 3.85. The Morgan fingerprint density at radius 2 is 1.90 bits per heavy atom. The number of hydrogen-bond acceptors (Lipinski definition) is 5. The standard InChI is InChI=1S/C23H30N4O2/c1-29-20-10-8-18(9-11-20)21-7-3-2-4-15-27(21)23(28)19-6-5-14-26(17-19)22-16-24-12-13-25-22/h8-13,16,19,21H,2-7,14-15,17H2,1H3. The lowest BCUT2D eigenvalue weighted by Crippen LogP contribution is -2.46. The number of methoxy groups -OCH3 is 1. The van der Waals surface area contributed by atoms with Crippen LogP contribution in [0.4, 0.5) is 5.82 Å². The second kappa shape index (κ2) is 9.25. The van der Waals surface area contributed by atoms with Crippen LogP contribution < -0.4 is 9.64 Å². The quantitative estimate of drug-likeness (QED) is 0.788. The molecule has 2 saturated heterocycles. The highest BCUT2D eigenvalue weighted by Gasteiger charge is 2.34. The molecule has 3 heterocycles. The van der Waals surface area contributed by atoms with E-state index in [9.17, 15) is 4.79 Å². The van der Waals surface area contributed by atoms with Crippen LogP contribution in [0.25, 0.3) is 0 Å². The number of nitrogens with zero attached hydrogens (tertiary/aromatic N) is 4. The van der Waals surface area contributed by atoms with Gasteiger partial charge in [0.15, 0.2) is 0 Å². The maximum atomic E-state index is 13.6. The lowest BCUT2D eigenvalue weighted by Gasteiger charge is -2.38. The van der Waals surface area contributed by atoms with Crippen molar-refractivity contribution in [2.24, 2.45) is 5.92 Å². The van der Waals surface area contributed by atoms with Crippen molar-refractivity contribution in [1.82, 2.24) is 14.9 Å². The summed E-state index contributed by atoms with van der Waals surface area (Å²) >= 11 is 0. The molecular weight excluding hydrogens is 364 g/mol. The number of rotatable bonds is 4. The Hall–Kier alpha value is -2.63.